The normalized spacial score (nSPS) is 16.2. The molecule has 0 saturated carbocycles. The smallest absolute Gasteiger partial charge is 0.238 e. The summed E-state index contributed by atoms with van der Waals surface area (Å²) in [4.78, 5) is 23.0. The Labute approximate surface area is 168 Å². The Morgan fingerprint density at radius 3 is 3.14 bits per heavy atom. The van der Waals surface area contributed by atoms with Crippen LogP contribution in [0.4, 0.5) is 5.69 Å². The summed E-state index contributed by atoms with van der Waals surface area (Å²) in [5.41, 5.74) is 1.33. The minimum atomic E-state index is -0.0940. The van der Waals surface area contributed by atoms with Crippen LogP contribution in [0, 0.1) is 5.92 Å². The summed E-state index contributed by atoms with van der Waals surface area (Å²) in [5.74, 6) is 1.54. The molecule has 3 heterocycles. The predicted octanol–water partition coefficient (Wildman–Crippen LogP) is 2.25. The average molecular weight is 400 g/mol. The monoisotopic (exact) mass is 399 g/mol. The Morgan fingerprint density at radius 2 is 2.32 bits per heavy atom. The van der Waals surface area contributed by atoms with E-state index in [0.717, 1.165) is 37.4 Å². The highest BCUT2D eigenvalue weighted by molar-refractivity contribution is 6.31. The Balaban J connectivity index is 1.36. The van der Waals surface area contributed by atoms with Gasteiger partial charge in [0, 0.05) is 36.9 Å². The second-order valence-corrected chi connectivity index (χ2v) is 7.58. The molecule has 4 rings (SSSR count). The lowest BCUT2D eigenvalue weighted by Gasteiger charge is -2.27. The van der Waals surface area contributed by atoms with E-state index in [1.807, 2.05) is 19.4 Å². The van der Waals surface area contributed by atoms with Crippen LogP contribution in [0.15, 0.2) is 43.2 Å². The van der Waals surface area contributed by atoms with Gasteiger partial charge < -0.3 is 9.88 Å². The van der Waals surface area contributed by atoms with Gasteiger partial charge in [-0.3, -0.25) is 9.69 Å². The van der Waals surface area contributed by atoms with Gasteiger partial charge in [0.25, 0.3) is 0 Å². The van der Waals surface area contributed by atoms with Gasteiger partial charge in [-0.25, -0.2) is 14.6 Å². The van der Waals surface area contributed by atoms with Crippen LogP contribution >= 0.6 is 11.6 Å². The molecule has 0 spiro atoms. The zero-order valence-corrected chi connectivity index (χ0v) is 16.4. The Bertz CT molecular complexity index is 953. The van der Waals surface area contributed by atoms with Gasteiger partial charge in [0.05, 0.1) is 17.9 Å². The van der Waals surface area contributed by atoms with Crippen molar-refractivity contribution in [3.8, 4) is 5.69 Å². The number of carbonyl (C=O) groups excluding carboxylic acids is 1. The van der Waals surface area contributed by atoms with Crippen molar-refractivity contribution >= 4 is 23.2 Å². The summed E-state index contributed by atoms with van der Waals surface area (Å²) in [7, 11) is 1.97. The Morgan fingerprint density at radius 1 is 1.43 bits per heavy atom. The molecule has 0 bridgehead atoms. The molecule has 0 fully saturated rings. The second kappa shape index (κ2) is 8.12. The summed E-state index contributed by atoms with van der Waals surface area (Å²) in [6, 6.07) is 5.28. The largest absolute Gasteiger partial charge is 0.335 e. The van der Waals surface area contributed by atoms with Crippen molar-refractivity contribution in [3.63, 3.8) is 0 Å². The number of nitrogens with zero attached hydrogens (tertiary/aromatic N) is 6. The number of hydrogen-bond donors (Lipinski definition) is 1. The Hall–Kier alpha value is -2.71. The molecule has 1 aliphatic rings. The van der Waals surface area contributed by atoms with Gasteiger partial charge in [0.15, 0.2) is 0 Å². The number of imidazole rings is 1. The molecule has 146 valence electrons. The van der Waals surface area contributed by atoms with Crippen LogP contribution in [0.1, 0.15) is 12.2 Å². The number of benzene rings is 1. The van der Waals surface area contributed by atoms with Crippen LogP contribution in [-0.2, 0) is 17.8 Å². The molecule has 1 amide bonds. The van der Waals surface area contributed by atoms with Crippen molar-refractivity contribution < 1.29 is 4.79 Å². The van der Waals surface area contributed by atoms with E-state index in [1.54, 1.807) is 29.2 Å². The first-order valence-electron chi connectivity index (χ1n) is 9.21. The number of halogens is 1. The van der Waals surface area contributed by atoms with Crippen molar-refractivity contribution in [3.05, 3.63) is 54.1 Å². The first kappa shape index (κ1) is 18.6. The molecule has 2 aromatic heterocycles. The van der Waals surface area contributed by atoms with Crippen LogP contribution in [0.25, 0.3) is 5.69 Å². The average Bonchev–Trinajstić information content (AvgIpc) is 3.32. The number of fused-ring (bicyclic) bond motifs is 1. The molecular weight excluding hydrogens is 378 g/mol. The number of carbonyl (C=O) groups is 1. The molecule has 28 heavy (non-hydrogen) atoms. The molecular formula is C19H22ClN7O. The van der Waals surface area contributed by atoms with E-state index in [9.17, 15) is 4.79 Å². The van der Waals surface area contributed by atoms with Gasteiger partial charge in [-0.15, -0.1) is 0 Å². The third kappa shape index (κ3) is 4.23. The lowest BCUT2D eigenvalue weighted by atomic mass is 9.97. The molecule has 0 radical (unpaired) electrons. The summed E-state index contributed by atoms with van der Waals surface area (Å²) in [5, 5.41) is 7.62. The van der Waals surface area contributed by atoms with Crippen LogP contribution in [0.3, 0.4) is 0 Å². The van der Waals surface area contributed by atoms with E-state index in [2.05, 4.69) is 29.9 Å². The van der Waals surface area contributed by atoms with E-state index in [1.165, 1.54) is 6.33 Å². The van der Waals surface area contributed by atoms with Gasteiger partial charge in [0.1, 0.15) is 18.5 Å². The third-order valence-electron chi connectivity index (χ3n) is 4.93. The third-order valence-corrected chi connectivity index (χ3v) is 5.17. The standard InChI is InChI=1S/C19H22ClN7O/c1-25(10-14-4-6-26-7-5-22-18(26)8-14)11-19(28)24-16-9-15(20)2-3-17(16)27-13-21-12-23-27/h2-3,5,7,9,12-14H,4,6,8,10-11H2,1H3,(H,24,28)/t14-/m0/s1. The van der Waals surface area contributed by atoms with E-state index < -0.39 is 0 Å². The van der Waals surface area contributed by atoms with Crippen molar-refractivity contribution in [1.29, 1.82) is 0 Å². The van der Waals surface area contributed by atoms with Crippen molar-refractivity contribution in [1.82, 2.24) is 29.2 Å². The van der Waals surface area contributed by atoms with Gasteiger partial charge >= 0.3 is 0 Å². The van der Waals surface area contributed by atoms with Gasteiger partial charge in [-0.2, -0.15) is 5.10 Å². The zero-order chi connectivity index (χ0) is 19.5. The maximum atomic E-state index is 12.6. The fourth-order valence-electron chi connectivity index (χ4n) is 3.65. The van der Waals surface area contributed by atoms with Crippen LogP contribution in [0.5, 0.6) is 0 Å². The van der Waals surface area contributed by atoms with E-state index >= 15 is 0 Å². The zero-order valence-electron chi connectivity index (χ0n) is 15.6. The van der Waals surface area contributed by atoms with E-state index in [0.29, 0.717) is 23.2 Å². The Kier molecular flexibility index (Phi) is 5.40. The number of likely N-dealkylation sites (N-methyl/N-ethyl adjacent to an activating group) is 1. The van der Waals surface area contributed by atoms with Crippen molar-refractivity contribution in [2.75, 3.05) is 25.5 Å². The summed E-state index contributed by atoms with van der Waals surface area (Å²) in [6.45, 7) is 2.14. The number of nitrogens with one attached hydrogen (secondary N) is 1. The highest BCUT2D eigenvalue weighted by Gasteiger charge is 2.21. The van der Waals surface area contributed by atoms with E-state index in [4.69, 9.17) is 11.6 Å². The van der Waals surface area contributed by atoms with Crippen LogP contribution < -0.4 is 5.32 Å². The second-order valence-electron chi connectivity index (χ2n) is 7.14. The van der Waals surface area contributed by atoms with Gasteiger partial charge in [0.2, 0.25) is 5.91 Å². The minimum absolute atomic E-state index is 0.0940. The summed E-state index contributed by atoms with van der Waals surface area (Å²) in [6.07, 6.45) is 8.96. The molecule has 1 atom stereocenters. The predicted molar refractivity (Wildman–Crippen MR) is 107 cm³/mol. The molecule has 0 saturated heterocycles. The van der Waals surface area contributed by atoms with Crippen LogP contribution in [-0.4, -0.2) is 55.3 Å². The summed E-state index contributed by atoms with van der Waals surface area (Å²) >= 11 is 6.11. The number of aryl methyl sites for hydroxylation is 1. The molecule has 0 aliphatic carbocycles. The number of amides is 1. The van der Waals surface area contributed by atoms with Crippen molar-refractivity contribution in [2.24, 2.45) is 5.92 Å². The molecule has 8 nitrogen and oxygen atoms in total. The lowest BCUT2D eigenvalue weighted by Crippen LogP contribution is -2.36. The highest BCUT2D eigenvalue weighted by Crippen LogP contribution is 2.24. The number of rotatable bonds is 6. The molecule has 1 aliphatic heterocycles. The molecule has 1 aromatic carbocycles. The number of aromatic nitrogens is 5. The maximum absolute atomic E-state index is 12.6. The molecule has 3 aromatic rings. The number of hydrogen-bond acceptors (Lipinski definition) is 5. The van der Waals surface area contributed by atoms with Crippen LogP contribution in [0.2, 0.25) is 5.02 Å². The topological polar surface area (TPSA) is 80.9 Å². The summed E-state index contributed by atoms with van der Waals surface area (Å²) < 4.78 is 3.80. The lowest BCUT2D eigenvalue weighted by molar-refractivity contribution is -0.117. The maximum Gasteiger partial charge on any atom is 0.238 e. The van der Waals surface area contributed by atoms with Gasteiger partial charge in [-0.05, 0) is 37.6 Å². The van der Waals surface area contributed by atoms with Gasteiger partial charge in [-0.1, -0.05) is 11.6 Å². The first-order chi connectivity index (χ1) is 13.6. The minimum Gasteiger partial charge on any atom is -0.335 e. The first-order valence-corrected chi connectivity index (χ1v) is 9.59. The fraction of sp³-hybridized carbons (Fsp3) is 0.368. The fourth-order valence-corrected chi connectivity index (χ4v) is 3.82. The molecule has 9 heteroatoms. The molecule has 0 unspecified atom stereocenters. The SMILES string of the molecule is CN(CC(=O)Nc1cc(Cl)ccc1-n1cncn1)C[C@H]1CCn2ccnc2C1. The van der Waals surface area contributed by atoms with E-state index in [-0.39, 0.29) is 5.91 Å². The quantitative estimate of drug-likeness (QED) is 0.687. The highest BCUT2D eigenvalue weighted by atomic mass is 35.5. The van der Waals surface area contributed by atoms with Crippen molar-refractivity contribution in [2.45, 2.75) is 19.4 Å². The number of anilines is 1. The molecule has 1 N–H and O–H groups in total.